The number of alkyl halides is 1. The van der Waals surface area contributed by atoms with Gasteiger partial charge in [-0.05, 0) is 12.8 Å². The van der Waals surface area contributed by atoms with Crippen molar-refractivity contribution in [1.82, 2.24) is 4.31 Å². The van der Waals surface area contributed by atoms with Gasteiger partial charge in [0.2, 0.25) is 10.0 Å². The molecule has 1 aliphatic heterocycles. The van der Waals surface area contributed by atoms with Gasteiger partial charge in [-0.15, -0.1) is 0 Å². The number of hydrogen-bond donors (Lipinski definition) is 0. The quantitative estimate of drug-likeness (QED) is 0.705. The van der Waals surface area contributed by atoms with Crippen molar-refractivity contribution in [2.75, 3.05) is 23.2 Å². The highest BCUT2D eigenvalue weighted by Gasteiger charge is 2.33. The number of piperidine rings is 1. The Hall–Kier alpha value is 0.340. The van der Waals surface area contributed by atoms with Crippen molar-refractivity contribution in [1.29, 1.82) is 0 Å². The van der Waals surface area contributed by atoms with Gasteiger partial charge in [0.25, 0.3) is 0 Å². The van der Waals surface area contributed by atoms with Crippen molar-refractivity contribution in [3.05, 3.63) is 0 Å². The van der Waals surface area contributed by atoms with Gasteiger partial charge in [0.1, 0.15) is 0 Å². The average Bonchev–Trinajstić information content (AvgIpc) is 2.14. The third-order valence-electron chi connectivity index (χ3n) is 2.47. The zero-order chi connectivity index (χ0) is 12.4. The van der Waals surface area contributed by atoms with Crippen molar-refractivity contribution in [3.8, 4) is 0 Å². The smallest absolute Gasteiger partial charge is 0.228 e. The van der Waals surface area contributed by atoms with Crippen LogP contribution in [0.1, 0.15) is 19.3 Å². The van der Waals surface area contributed by atoms with E-state index in [4.69, 9.17) is 0 Å². The van der Waals surface area contributed by atoms with E-state index in [0.717, 1.165) is 25.5 Å². The van der Waals surface area contributed by atoms with Gasteiger partial charge in [-0.2, -0.15) is 4.31 Å². The highest BCUT2D eigenvalue weighted by molar-refractivity contribution is 9.09. The Morgan fingerprint density at radius 2 is 1.88 bits per heavy atom. The zero-order valence-corrected chi connectivity index (χ0v) is 12.3. The third kappa shape index (κ3) is 3.97. The lowest BCUT2D eigenvalue weighted by Crippen LogP contribution is -2.46. The van der Waals surface area contributed by atoms with Gasteiger partial charge in [0, 0.05) is 24.2 Å². The van der Waals surface area contributed by atoms with Crippen molar-refractivity contribution >= 4 is 35.8 Å². The minimum atomic E-state index is -3.69. The maximum Gasteiger partial charge on any atom is 0.228 e. The maximum atomic E-state index is 11.9. The lowest BCUT2D eigenvalue weighted by atomic mass is 10.1. The first-order chi connectivity index (χ1) is 7.26. The van der Waals surface area contributed by atoms with E-state index in [9.17, 15) is 16.8 Å². The Bertz CT molecular complexity index is 431. The van der Waals surface area contributed by atoms with Crippen molar-refractivity contribution < 1.29 is 16.8 Å². The van der Waals surface area contributed by atoms with Crippen LogP contribution in [0.5, 0.6) is 0 Å². The maximum absolute atomic E-state index is 11.9. The van der Waals surface area contributed by atoms with Gasteiger partial charge >= 0.3 is 0 Å². The van der Waals surface area contributed by atoms with E-state index in [1.54, 1.807) is 0 Å². The summed E-state index contributed by atoms with van der Waals surface area (Å²) >= 11 is 3.27. The molecule has 1 unspecified atom stereocenters. The monoisotopic (exact) mass is 333 g/mol. The normalized spacial score (nSPS) is 24.5. The molecule has 1 rings (SSSR count). The molecule has 16 heavy (non-hydrogen) atoms. The molecular formula is C8H16BrNO4S2. The molecule has 0 aromatic heterocycles. The van der Waals surface area contributed by atoms with E-state index < -0.39 is 24.9 Å². The molecule has 1 aliphatic rings. The Kier molecular flexibility index (Phi) is 4.79. The Balaban J connectivity index is 2.89. The number of halogens is 1. The van der Waals surface area contributed by atoms with Crippen molar-refractivity contribution in [2.24, 2.45) is 0 Å². The number of rotatable bonds is 4. The minimum absolute atomic E-state index is 0.111. The molecule has 0 aromatic rings. The summed E-state index contributed by atoms with van der Waals surface area (Å²) in [6.07, 6.45) is 3.51. The highest BCUT2D eigenvalue weighted by Crippen LogP contribution is 2.22. The molecule has 0 spiro atoms. The lowest BCUT2D eigenvalue weighted by Gasteiger charge is -2.33. The molecular weight excluding hydrogens is 318 g/mol. The van der Waals surface area contributed by atoms with Crippen LogP contribution in [0.4, 0.5) is 0 Å². The summed E-state index contributed by atoms with van der Waals surface area (Å²) in [5.41, 5.74) is 0. The van der Waals surface area contributed by atoms with Crippen LogP contribution in [0, 0.1) is 0 Å². The number of nitrogens with zero attached hydrogens (tertiary/aromatic N) is 1. The van der Waals surface area contributed by atoms with Gasteiger partial charge in [-0.3, -0.25) is 0 Å². The fourth-order valence-corrected chi connectivity index (χ4v) is 6.44. The van der Waals surface area contributed by atoms with Crippen LogP contribution >= 0.6 is 15.9 Å². The van der Waals surface area contributed by atoms with E-state index in [1.807, 2.05) is 0 Å². The van der Waals surface area contributed by atoms with E-state index in [0.29, 0.717) is 11.9 Å². The highest BCUT2D eigenvalue weighted by atomic mass is 79.9. The molecule has 0 aromatic carbocycles. The third-order valence-corrected chi connectivity index (χ3v) is 7.32. The van der Waals surface area contributed by atoms with Crippen LogP contribution < -0.4 is 0 Å². The fourth-order valence-electron chi connectivity index (χ4n) is 1.83. The van der Waals surface area contributed by atoms with Gasteiger partial charge in [0.05, 0.1) is 0 Å². The SMILES string of the molecule is CS(=O)(=O)CS(=O)(=O)N1CCCCC1CBr. The molecule has 5 nitrogen and oxygen atoms in total. The molecule has 0 bridgehead atoms. The summed E-state index contributed by atoms with van der Waals surface area (Å²) in [6, 6.07) is -0.111. The molecule has 0 amide bonds. The second kappa shape index (κ2) is 5.32. The summed E-state index contributed by atoms with van der Waals surface area (Å²) in [4.78, 5) is 0. The van der Waals surface area contributed by atoms with Crippen LogP contribution in [-0.4, -0.2) is 50.4 Å². The topological polar surface area (TPSA) is 71.5 Å². The summed E-state index contributed by atoms with van der Waals surface area (Å²) in [5.74, 6) is 0. The minimum Gasteiger partial charge on any atom is -0.228 e. The van der Waals surface area contributed by atoms with Crippen LogP contribution in [-0.2, 0) is 19.9 Å². The first-order valence-corrected chi connectivity index (χ1v) is 9.78. The molecule has 0 N–H and O–H groups in total. The molecule has 96 valence electrons. The summed E-state index contributed by atoms with van der Waals surface area (Å²) < 4.78 is 47.3. The average molecular weight is 334 g/mol. The van der Waals surface area contributed by atoms with Gasteiger partial charge in [-0.25, -0.2) is 16.8 Å². The Morgan fingerprint density at radius 3 is 2.38 bits per heavy atom. The van der Waals surface area contributed by atoms with Crippen LogP contribution in [0.25, 0.3) is 0 Å². The van der Waals surface area contributed by atoms with Crippen molar-refractivity contribution in [3.63, 3.8) is 0 Å². The van der Waals surface area contributed by atoms with E-state index in [1.165, 1.54) is 4.31 Å². The van der Waals surface area contributed by atoms with Gasteiger partial charge in [-0.1, -0.05) is 22.4 Å². The first kappa shape index (κ1) is 14.4. The molecule has 1 atom stereocenters. The number of sulfone groups is 1. The van der Waals surface area contributed by atoms with Crippen LogP contribution in [0.15, 0.2) is 0 Å². The molecule has 8 heteroatoms. The second-order valence-corrected chi connectivity index (χ2v) is 9.14. The standard InChI is InChI=1S/C8H16BrNO4S2/c1-15(11,12)7-16(13,14)10-5-3-2-4-8(10)6-9/h8H,2-7H2,1H3. The Labute approximate surface area is 105 Å². The predicted octanol–water partition coefficient (Wildman–Crippen LogP) is 0.568. The van der Waals surface area contributed by atoms with Gasteiger partial charge < -0.3 is 0 Å². The summed E-state index contributed by atoms with van der Waals surface area (Å²) in [6.45, 7) is 0.425. The van der Waals surface area contributed by atoms with E-state index >= 15 is 0 Å². The molecule has 1 fully saturated rings. The predicted molar refractivity (Wildman–Crippen MR) is 66.8 cm³/mol. The molecule has 1 heterocycles. The van der Waals surface area contributed by atoms with Gasteiger partial charge in [0.15, 0.2) is 14.9 Å². The summed E-state index contributed by atoms with van der Waals surface area (Å²) in [5, 5.41) is -0.237. The second-order valence-electron chi connectivity index (χ2n) is 4.07. The molecule has 1 saturated heterocycles. The zero-order valence-electron chi connectivity index (χ0n) is 9.09. The van der Waals surface area contributed by atoms with Crippen LogP contribution in [0.3, 0.4) is 0 Å². The molecule has 0 saturated carbocycles. The number of hydrogen-bond acceptors (Lipinski definition) is 4. The van der Waals surface area contributed by atoms with E-state index in [-0.39, 0.29) is 6.04 Å². The Morgan fingerprint density at radius 1 is 1.25 bits per heavy atom. The number of sulfonamides is 1. The van der Waals surface area contributed by atoms with Crippen molar-refractivity contribution in [2.45, 2.75) is 25.3 Å². The first-order valence-electron chi connectivity index (χ1n) is 4.99. The van der Waals surface area contributed by atoms with Crippen LogP contribution in [0.2, 0.25) is 0 Å². The fraction of sp³-hybridized carbons (Fsp3) is 1.00. The largest absolute Gasteiger partial charge is 0.228 e. The molecule has 0 aliphatic carbocycles. The molecule has 0 radical (unpaired) electrons. The lowest BCUT2D eigenvalue weighted by molar-refractivity contribution is 0.275. The van der Waals surface area contributed by atoms with E-state index in [2.05, 4.69) is 15.9 Å². The summed E-state index contributed by atoms with van der Waals surface area (Å²) in [7, 11) is -7.19.